The second-order valence-corrected chi connectivity index (χ2v) is 5.88. The predicted octanol–water partition coefficient (Wildman–Crippen LogP) is 4.83. The van der Waals surface area contributed by atoms with E-state index in [0.29, 0.717) is 4.47 Å². The third-order valence-corrected chi connectivity index (χ3v) is 4.04. The van der Waals surface area contributed by atoms with Crippen molar-refractivity contribution in [3.8, 4) is 21.6 Å². The highest BCUT2D eigenvalue weighted by atomic mass is 35.5. The van der Waals surface area contributed by atoms with Gasteiger partial charge in [0, 0.05) is 29.7 Å². The van der Waals surface area contributed by atoms with Crippen molar-refractivity contribution in [2.24, 2.45) is 0 Å². The van der Waals surface area contributed by atoms with Crippen LogP contribution >= 0.6 is 22.9 Å². The number of aryl methyl sites for hydroxylation is 1. The van der Waals surface area contributed by atoms with Crippen molar-refractivity contribution < 1.29 is 0 Å². The van der Waals surface area contributed by atoms with Gasteiger partial charge in [-0.05, 0) is 18.6 Å². The van der Waals surface area contributed by atoms with E-state index in [1.54, 1.807) is 6.20 Å². The SMILES string of the molecule is Cc1cccc(-c2cnccc2-c2cnc(Cl)s2)c1. The van der Waals surface area contributed by atoms with Gasteiger partial charge in [0.05, 0.1) is 4.88 Å². The molecule has 0 saturated carbocycles. The standard InChI is InChI=1S/C15H11ClN2S/c1-10-3-2-4-11(7-10)13-8-17-6-5-12(13)14-9-18-15(16)19-14/h2-9H,1H3. The average molecular weight is 287 g/mol. The minimum absolute atomic E-state index is 0.557. The van der Waals surface area contributed by atoms with E-state index in [-0.39, 0.29) is 0 Å². The quantitative estimate of drug-likeness (QED) is 0.674. The molecule has 0 aliphatic rings. The number of hydrogen-bond donors (Lipinski definition) is 0. The zero-order chi connectivity index (χ0) is 13.2. The number of hydrogen-bond acceptors (Lipinski definition) is 3. The number of aromatic nitrogens is 2. The van der Waals surface area contributed by atoms with Crippen LogP contribution in [-0.4, -0.2) is 9.97 Å². The molecule has 0 N–H and O–H groups in total. The van der Waals surface area contributed by atoms with Gasteiger partial charge >= 0.3 is 0 Å². The molecule has 0 amide bonds. The zero-order valence-electron chi connectivity index (χ0n) is 10.3. The summed E-state index contributed by atoms with van der Waals surface area (Å²) in [6, 6.07) is 10.4. The Morgan fingerprint density at radius 2 is 2.00 bits per heavy atom. The highest BCUT2D eigenvalue weighted by Crippen LogP contribution is 2.35. The van der Waals surface area contributed by atoms with Gasteiger partial charge in [0.15, 0.2) is 4.47 Å². The highest BCUT2D eigenvalue weighted by Gasteiger charge is 2.10. The van der Waals surface area contributed by atoms with Gasteiger partial charge in [-0.15, -0.1) is 11.3 Å². The van der Waals surface area contributed by atoms with Crippen LogP contribution in [0.3, 0.4) is 0 Å². The lowest BCUT2D eigenvalue weighted by Gasteiger charge is -2.07. The van der Waals surface area contributed by atoms with Gasteiger partial charge in [0.25, 0.3) is 0 Å². The van der Waals surface area contributed by atoms with Crippen LogP contribution < -0.4 is 0 Å². The predicted molar refractivity (Wildman–Crippen MR) is 80.5 cm³/mol. The maximum absolute atomic E-state index is 5.93. The van der Waals surface area contributed by atoms with E-state index in [4.69, 9.17) is 11.6 Å². The average Bonchev–Trinajstić information content (AvgIpc) is 2.85. The summed E-state index contributed by atoms with van der Waals surface area (Å²) in [5.41, 5.74) is 4.61. The second kappa shape index (κ2) is 5.11. The molecular formula is C15H11ClN2S. The molecule has 94 valence electrons. The van der Waals surface area contributed by atoms with Gasteiger partial charge in [0.2, 0.25) is 0 Å². The molecule has 19 heavy (non-hydrogen) atoms. The van der Waals surface area contributed by atoms with E-state index >= 15 is 0 Å². The van der Waals surface area contributed by atoms with Crippen LogP contribution in [0.15, 0.2) is 48.9 Å². The molecule has 1 aromatic carbocycles. The summed E-state index contributed by atoms with van der Waals surface area (Å²) in [5, 5.41) is 0. The van der Waals surface area contributed by atoms with Crippen molar-refractivity contribution in [3.63, 3.8) is 0 Å². The maximum atomic E-state index is 5.93. The molecule has 4 heteroatoms. The van der Waals surface area contributed by atoms with E-state index in [1.807, 2.05) is 18.5 Å². The molecule has 2 heterocycles. The van der Waals surface area contributed by atoms with E-state index < -0.39 is 0 Å². The molecule has 3 aromatic rings. The Morgan fingerprint density at radius 1 is 1.11 bits per heavy atom. The van der Waals surface area contributed by atoms with E-state index in [1.165, 1.54) is 16.9 Å². The third kappa shape index (κ3) is 2.53. The van der Waals surface area contributed by atoms with Crippen LogP contribution in [-0.2, 0) is 0 Å². The Labute approximate surface area is 120 Å². The van der Waals surface area contributed by atoms with Crippen molar-refractivity contribution in [3.05, 3.63) is 59.0 Å². The lowest BCUT2D eigenvalue weighted by molar-refractivity contribution is 1.32. The van der Waals surface area contributed by atoms with Gasteiger partial charge in [-0.2, -0.15) is 0 Å². The summed E-state index contributed by atoms with van der Waals surface area (Å²) in [4.78, 5) is 9.40. The molecule has 0 spiro atoms. The first-order chi connectivity index (χ1) is 9.24. The topological polar surface area (TPSA) is 25.8 Å². The summed E-state index contributed by atoms with van der Waals surface area (Å²) in [7, 11) is 0. The fourth-order valence-electron chi connectivity index (χ4n) is 2.03. The Hall–Kier alpha value is -1.71. The highest BCUT2D eigenvalue weighted by molar-refractivity contribution is 7.18. The van der Waals surface area contributed by atoms with E-state index in [0.717, 1.165) is 21.6 Å². The minimum atomic E-state index is 0.557. The normalized spacial score (nSPS) is 10.6. The summed E-state index contributed by atoms with van der Waals surface area (Å²) < 4.78 is 0.557. The van der Waals surface area contributed by atoms with E-state index in [9.17, 15) is 0 Å². The van der Waals surface area contributed by atoms with E-state index in [2.05, 4.69) is 41.2 Å². The Bertz CT molecular complexity index is 721. The molecule has 0 aliphatic heterocycles. The monoisotopic (exact) mass is 286 g/mol. The first-order valence-electron chi connectivity index (χ1n) is 5.87. The first kappa shape index (κ1) is 12.3. The number of nitrogens with zero attached hydrogens (tertiary/aromatic N) is 2. The maximum Gasteiger partial charge on any atom is 0.184 e. The lowest BCUT2D eigenvalue weighted by Crippen LogP contribution is -1.85. The Morgan fingerprint density at radius 3 is 2.74 bits per heavy atom. The molecule has 0 fully saturated rings. The van der Waals surface area contributed by atoms with Gasteiger partial charge < -0.3 is 0 Å². The van der Waals surface area contributed by atoms with Gasteiger partial charge in [0.1, 0.15) is 0 Å². The molecule has 3 rings (SSSR count). The van der Waals surface area contributed by atoms with Crippen LogP contribution in [0, 0.1) is 6.92 Å². The number of pyridine rings is 1. The molecule has 0 saturated heterocycles. The smallest absolute Gasteiger partial charge is 0.184 e. The van der Waals surface area contributed by atoms with Crippen LogP contribution in [0.25, 0.3) is 21.6 Å². The summed E-state index contributed by atoms with van der Waals surface area (Å²) in [6.07, 6.45) is 5.49. The number of rotatable bonds is 2. The molecule has 0 atom stereocenters. The molecular weight excluding hydrogens is 276 g/mol. The van der Waals surface area contributed by atoms with Crippen molar-refractivity contribution >= 4 is 22.9 Å². The Kier molecular flexibility index (Phi) is 3.32. The molecule has 0 bridgehead atoms. The van der Waals surface area contributed by atoms with Crippen molar-refractivity contribution in [1.82, 2.24) is 9.97 Å². The van der Waals surface area contributed by atoms with Gasteiger partial charge in [-0.1, -0.05) is 41.4 Å². The fraction of sp³-hybridized carbons (Fsp3) is 0.0667. The van der Waals surface area contributed by atoms with Crippen LogP contribution in [0.1, 0.15) is 5.56 Å². The zero-order valence-corrected chi connectivity index (χ0v) is 11.9. The molecule has 0 radical (unpaired) electrons. The number of halogens is 1. The minimum Gasteiger partial charge on any atom is -0.264 e. The fourth-order valence-corrected chi connectivity index (χ4v) is 3.01. The number of benzene rings is 1. The summed E-state index contributed by atoms with van der Waals surface area (Å²) >= 11 is 7.41. The molecule has 2 nitrogen and oxygen atoms in total. The van der Waals surface area contributed by atoms with Crippen LogP contribution in [0.4, 0.5) is 0 Å². The number of thiazole rings is 1. The van der Waals surface area contributed by atoms with Crippen molar-refractivity contribution in [1.29, 1.82) is 0 Å². The first-order valence-corrected chi connectivity index (χ1v) is 7.06. The lowest BCUT2D eigenvalue weighted by atomic mass is 10.00. The molecule has 0 aliphatic carbocycles. The van der Waals surface area contributed by atoms with Crippen LogP contribution in [0.2, 0.25) is 4.47 Å². The molecule has 2 aromatic heterocycles. The summed E-state index contributed by atoms with van der Waals surface area (Å²) in [6.45, 7) is 2.09. The van der Waals surface area contributed by atoms with Crippen molar-refractivity contribution in [2.75, 3.05) is 0 Å². The van der Waals surface area contributed by atoms with Gasteiger partial charge in [-0.25, -0.2) is 4.98 Å². The summed E-state index contributed by atoms with van der Waals surface area (Å²) in [5.74, 6) is 0. The van der Waals surface area contributed by atoms with Crippen LogP contribution in [0.5, 0.6) is 0 Å². The largest absolute Gasteiger partial charge is 0.264 e. The van der Waals surface area contributed by atoms with Crippen molar-refractivity contribution in [2.45, 2.75) is 6.92 Å². The third-order valence-electron chi connectivity index (χ3n) is 2.89. The van der Waals surface area contributed by atoms with Gasteiger partial charge in [-0.3, -0.25) is 4.98 Å². The second-order valence-electron chi connectivity index (χ2n) is 4.27. The Balaban J connectivity index is 2.17. The molecule has 0 unspecified atom stereocenters.